The Kier molecular flexibility index (Phi) is 10.9. The summed E-state index contributed by atoms with van der Waals surface area (Å²) >= 11 is 0. The Morgan fingerprint density at radius 1 is 1.08 bits per heavy atom. The van der Waals surface area contributed by atoms with Gasteiger partial charge >= 0.3 is 0 Å². The predicted molar refractivity (Wildman–Crippen MR) is 181 cm³/mol. The smallest absolute Gasteiger partial charge is 0.269 e. The van der Waals surface area contributed by atoms with Gasteiger partial charge in [-0.05, 0) is 86.7 Å². The SMILES string of the molecule is CCOc1ccc2c(c1)CC(NCCCCO)C(=O)N2c1cccc(CN2C(=O)[C@](O)([C@H](C)/C=C/CCO)c3cc([N+](=O)[O-])ccc32)c1. The zero-order valence-electron chi connectivity index (χ0n) is 27.2. The van der Waals surface area contributed by atoms with Crippen molar-refractivity contribution in [3.63, 3.8) is 0 Å². The Balaban J connectivity index is 1.50. The number of rotatable bonds is 15. The summed E-state index contributed by atoms with van der Waals surface area (Å²) in [7, 11) is 0. The van der Waals surface area contributed by atoms with Crippen molar-refractivity contribution in [1.82, 2.24) is 5.32 Å². The number of aliphatic hydroxyl groups excluding tert-OH is 2. The number of hydrogen-bond donors (Lipinski definition) is 4. The monoisotopic (exact) mass is 658 g/mol. The van der Waals surface area contributed by atoms with E-state index in [1.54, 1.807) is 30.0 Å². The Hall–Kier alpha value is -4.62. The van der Waals surface area contributed by atoms with Crippen LogP contribution in [0.3, 0.4) is 0 Å². The van der Waals surface area contributed by atoms with Crippen molar-refractivity contribution in [2.75, 3.05) is 36.2 Å². The topological polar surface area (TPSA) is 166 Å². The number of nitrogens with one attached hydrogen (secondary N) is 1. The molecule has 0 bridgehead atoms. The molecule has 254 valence electrons. The fourth-order valence-electron chi connectivity index (χ4n) is 6.42. The maximum atomic E-state index is 14.0. The summed E-state index contributed by atoms with van der Waals surface area (Å²) < 4.78 is 5.74. The molecule has 12 heteroatoms. The molecule has 2 aliphatic heterocycles. The molecule has 3 aromatic rings. The molecule has 0 fully saturated rings. The van der Waals surface area contributed by atoms with Crippen LogP contribution in [0.5, 0.6) is 5.75 Å². The number of unbranched alkanes of at least 4 members (excludes halogenated alkanes) is 1. The third-order valence-corrected chi connectivity index (χ3v) is 8.87. The van der Waals surface area contributed by atoms with Gasteiger partial charge in [0.2, 0.25) is 5.91 Å². The Bertz CT molecular complexity index is 1690. The Labute approximate surface area is 279 Å². The van der Waals surface area contributed by atoms with Crippen LogP contribution in [0.25, 0.3) is 0 Å². The first-order valence-electron chi connectivity index (χ1n) is 16.3. The minimum Gasteiger partial charge on any atom is -0.494 e. The van der Waals surface area contributed by atoms with E-state index in [4.69, 9.17) is 4.74 Å². The maximum absolute atomic E-state index is 14.0. The van der Waals surface area contributed by atoms with Crippen LogP contribution in [0.2, 0.25) is 0 Å². The highest BCUT2D eigenvalue weighted by Gasteiger charge is 2.53. The first kappa shape index (κ1) is 34.7. The first-order valence-corrected chi connectivity index (χ1v) is 16.3. The second-order valence-corrected chi connectivity index (χ2v) is 12.1. The van der Waals surface area contributed by atoms with Gasteiger partial charge < -0.3 is 30.3 Å². The quantitative estimate of drug-likeness (QED) is 0.0808. The normalized spacial score (nSPS) is 19.5. The van der Waals surface area contributed by atoms with E-state index in [1.165, 1.54) is 23.1 Å². The summed E-state index contributed by atoms with van der Waals surface area (Å²) in [4.78, 5) is 42.2. The highest BCUT2D eigenvalue weighted by Crippen LogP contribution is 2.47. The van der Waals surface area contributed by atoms with E-state index in [9.17, 15) is 35.0 Å². The summed E-state index contributed by atoms with van der Waals surface area (Å²) in [6.45, 7) is 4.65. The number of nitro benzene ring substituents is 1. The van der Waals surface area contributed by atoms with Crippen LogP contribution < -0.4 is 19.9 Å². The van der Waals surface area contributed by atoms with E-state index >= 15 is 0 Å². The van der Waals surface area contributed by atoms with Crippen molar-refractivity contribution in [3.05, 3.63) is 99.6 Å². The number of benzene rings is 3. The van der Waals surface area contributed by atoms with Crippen LogP contribution in [0.1, 0.15) is 49.8 Å². The lowest BCUT2D eigenvalue weighted by Crippen LogP contribution is -2.49. The second-order valence-electron chi connectivity index (χ2n) is 12.1. The van der Waals surface area contributed by atoms with Gasteiger partial charge in [0, 0.05) is 42.5 Å². The molecule has 48 heavy (non-hydrogen) atoms. The zero-order valence-corrected chi connectivity index (χ0v) is 27.2. The van der Waals surface area contributed by atoms with Gasteiger partial charge in [-0.2, -0.15) is 0 Å². The standard InChI is InChI=1S/C36H42N4O8/c1-3-48-29-13-15-32-26(20-29)21-31(37-16-5-7-18-42)34(43)39(32)27-11-8-10-25(19-27)23-38-33-14-12-28(40(46)47)22-30(33)36(45,35(38)44)24(2)9-4-6-17-41/h4,8-15,19-20,22,24,31,37,41-42,45H,3,5-7,16-18,21,23H2,1-2H3/b9-4+/t24-,31?,36+/m1/s1. The van der Waals surface area contributed by atoms with E-state index in [2.05, 4.69) is 5.32 Å². The molecule has 0 spiro atoms. The van der Waals surface area contributed by atoms with Crippen molar-refractivity contribution >= 4 is 34.6 Å². The summed E-state index contributed by atoms with van der Waals surface area (Å²) in [6.07, 6.45) is 5.45. The molecule has 2 aliphatic rings. The predicted octanol–water partition coefficient (Wildman–Crippen LogP) is 4.25. The van der Waals surface area contributed by atoms with E-state index in [-0.39, 0.29) is 36.9 Å². The van der Waals surface area contributed by atoms with E-state index < -0.39 is 28.4 Å². The average molecular weight is 659 g/mol. The number of carbonyl (C=O) groups is 2. The molecular weight excluding hydrogens is 616 g/mol. The van der Waals surface area contributed by atoms with Gasteiger partial charge in [0.1, 0.15) is 5.75 Å². The number of nitro groups is 1. The lowest BCUT2D eigenvalue weighted by atomic mass is 9.82. The Morgan fingerprint density at radius 3 is 2.60 bits per heavy atom. The van der Waals surface area contributed by atoms with Crippen molar-refractivity contribution in [2.24, 2.45) is 5.92 Å². The van der Waals surface area contributed by atoms with Crippen molar-refractivity contribution < 1.29 is 34.6 Å². The van der Waals surface area contributed by atoms with Gasteiger partial charge in [-0.15, -0.1) is 0 Å². The lowest BCUT2D eigenvalue weighted by Gasteiger charge is -2.35. The molecule has 0 saturated carbocycles. The second kappa shape index (κ2) is 15.1. The van der Waals surface area contributed by atoms with Gasteiger partial charge in [0.15, 0.2) is 5.60 Å². The maximum Gasteiger partial charge on any atom is 0.269 e. The Morgan fingerprint density at radius 2 is 1.88 bits per heavy atom. The average Bonchev–Trinajstić information content (AvgIpc) is 3.29. The van der Waals surface area contributed by atoms with Crippen LogP contribution >= 0.6 is 0 Å². The largest absolute Gasteiger partial charge is 0.494 e. The number of ether oxygens (including phenoxy) is 1. The van der Waals surface area contributed by atoms with Crippen LogP contribution in [0.15, 0.2) is 72.8 Å². The first-order chi connectivity index (χ1) is 23.1. The summed E-state index contributed by atoms with van der Waals surface area (Å²) in [6, 6.07) is 16.4. The number of anilines is 3. The molecule has 12 nitrogen and oxygen atoms in total. The molecular formula is C36H42N4O8. The van der Waals surface area contributed by atoms with Crippen molar-refractivity contribution in [2.45, 2.75) is 57.7 Å². The number of hydrogen-bond acceptors (Lipinski definition) is 9. The molecule has 3 atom stereocenters. The van der Waals surface area contributed by atoms with Gasteiger partial charge in [0.25, 0.3) is 11.6 Å². The van der Waals surface area contributed by atoms with Crippen LogP contribution in [-0.4, -0.2) is 64.5 Å². The molecule has 0 saturated heterocycles. The molecule has 0 aromatic heterocycles. The fraction of sp³-hybridized carbons (Fsp3) is 0.389. The molecule has 3 aromatic carbocycles. The van der Waals surface area contributed by atoms with Gasteiger partial charge in [-0.3, -0.25) is 24.6 Å². The summed E-state index contributed by atoms with van der Waals surface area (Å²) in [5.41, 5.74) is 1.11. The molecule has 0 radical (unpaired) electrons. The van der Waals surface area contributed by atoms with Gasteiger partial charge in [-0.1, -0.05) is 31.2 Å². The molecule has 2 amide bonds. The minimum atomic E-state index is -2.07. The molecule has 5 rings (SSSR count). The number of carbonyl (C=O) groups excluding carboxylic acids is 2. The number of amides is 2. The van der Waals surface area contributed by atoms with Crippen molar-refractivity contribution in [1.29, 1.82) is 0 Å². The number of nitrogens with zero attached hydrogens (tertiary/aromatic N) is 3. The van der Waals surface area contributed by atoms with Crippen LogP contribution in [0, 0.1) is 16.0 Å². The number of fused-ring (bicyclic) bond motifs is 2. The highest BCUT2D eigenvalue weighted by molar-refractivity contribution is 6.08. The van der Waals surface area contributed by atoms with E-state index in [1.807, 2.05) is 43.3 Å². The van der Waals surface area contributed by atoms with E-state index in [0.717, 1.165) is 17.7 Å². The fourth-order valence-corrected chi connectivity index (χ4v) is 6.42. The van der Waals surface area contributed by atoms with Crippen molar-refractivity contribution in [3.8, 4) is 5.75 Å². The molecule has 0 aliphatic carbocycles. The number of aliphatic hydroxyl groups is 3. The van der Waals surface area contributed by atoms with Gasteiger partial charge in [-0.25, -0.2) is 0 Å². The summed E-state index contributed by atoms with van der Waals surface area (Å²) in [5, 5.41) is 45.3. The third kappa shape index (κ3) is 6.83. The van der Waals surface area contributed by atoms with Crippen LogP contribution in [-0.2, 0) is 28.2 Å². The zero-order chi connectivity index (χ0) is 34.4. The minimum absolute atomic E-state index is 0.0356. The molecule has 4 N–H and O–H groups in total. The number of non-ortho nitro benzene ring substituents is 1. The van der Waals surface area contributed by atoms with Gasteiger partial charge in [0.05, 0.1) is 35.5 Å². The molecule has 2 heterocycles. The van der Waals surface area contributed by atoms with Crippen LogP contribution in [0.4, 0.5) is 22.7 Å². The van der Waals surface area contributed by atoms with E-state index in [0.29, 0.717) is 55.1 Å². The lowest BCUT2D eigenvalue weighted by molar-refractivity contribution is -0.385. The summed E-state index contributed by atoms with van der Waals surface area (Å²) in [5.74, 6) is -0.808. The highest BCUT2D eigenvalue weighted by atomic mass is 16.6. The molecule has 1 unspecified atom stereocenters. The third-order valence-electron chi connectivity index (χ3n) is 8.87.